The molecule has 0 aliphatic carbocycles. The summed E-state index contributed by atoms with van der Waals surface area (Å²) in [6.45, 7) is 6.00. The van der Waals surface area contributed by atoms with Crippen LogP contribution < -0.4 is 5.32 Å². The van der Waals surface area contributed by atoms with Crippen molar-refractivity contribution in [1.82, 2.24) is 15.1 Å². The Labute approximate surface area is 125 Å². The van der Waals surface area contributed by atoms with Crippen LogP contribution in [0, 0.1) is 0 Å². The minimum absolute atomic E-state index is 0.0269. The molecule has 2 amide bonds. The van der Waals surface area contributed by atoms with Crippen LogP contribution in [0.25, 0.3) is 0 Å². The van der Waals surface area contributed by atoms with Crippen LogP contribution in [-0.2, 0) is 19.1 Å². The van der Waals surface area contributed by atoms with E-state index < -0.39 is 0 Å². The van der Waals surface area contributed by atoms with Gasteiger partial charge in [0.2, 0.25) is 11.8 Å². The lowest BCUT2D eigenvalue weighted by Gasteiger charge is -2.47. The number of ether oxygens (including phenoxy) is 2. The second-order valence-electron chi connectivity index (χ2n) is 5.54. The maximum absolute atomic E-state index is 12.1. The summed E-state index contributed by atoms with van der Waals surface area (Å²) in [5.74, 6) is -0.207. The van der Waals surface area contributed by atoms with E-state index in [2.05, 4.69) is 10.2 Å². The molecule has 2 aliphatic rings. The first-order valence-electron chi connectivity index (χ1n) is 7.48. The van der Waals surface area contributed by atoms with E-state index in [1.54, 1.807) is 7.11 Å². The standard InChI is InChI=1S/C14H25N3O4/c1-11(18)15-9-14(19)17-4-3-13-12(10-17)16(5-7-20-2)6-8-21-13/h12-13H,3-10H2,1-2H3,(H,15,18)/t12-,13-/m0/s1. The molecule has 0 unspecified atom stereocenters. The predicted octanol–water partition coefficient (Wildman–Crippen LogP) is -0.929. The lowest BCUT2D eigenvalue weighted by molar-refractivity contribution is -0.143. The van der Waals surface area contributed by atoms with Crippen LogP contribution in [0.5, 0.6) is 0 Å². The summed E-state index contributed by atoms with van der Waals surface area (Å²) < 4.78 is 11.0. The second-order valence-corrected chi connectivity index (χ2v) is 5.54. The van der Waals surface area contributed by atoms with Crippen LogP contribution in [0.1, 0.15) is 13.3 Å². The average Bonchev–Trinajstić information content (AvgIpc) is 2.49. The molecule has 2 rings (SSSR count). The fraction of sp³-hybridized carbons (Fsp3) is 0.857. The number of nitrogens with one attached hydrogen (secondary N) is 1. The summed E-state index contributed by atoms with van der Waals surface area (Å²) >= 11 is 0. The van der Waals surface area contributed by atoms with Gasteiger partial charge in [0, 0.05) is 40.2 Å². The maximum atomic E-state index is 12.1. The monoisotopic (exact) mass is 299 g/mol. The lowest BCUT2D eigenvalue weighted by Crippen LogP contribution is -2.61. The van der Waals surface area contributed by atoms with Crippen molar-refractivity contribution in [3.05, 3.63) is 0 Å². The van der Waals surface area contributed by atoms with Crippen molar-refractivity contribution in [1.29, 1.82) is 0 Å². The molecule has 7 nitrogen and oxygen atoms in total. The highest BCUT2D eigenvalue weighted by Crippen LogP contribution is 2.22. The van der Waals surface area contributed by atoms with E-state index in [1.807, 2.05) is 4.90 Å². The van der Waals surface area contributed by atoms with Gasteiger partial charge in [-0.2, -0.15) is 0 Å². The number of morpholine rings is 1. The highest BCUT2D eigenvalue weighted by Gasteiger charge is 2.38. The first kappa shape index (κ1) is 16.2. The number of hydrogen-bond acceptors (Lipinski definition) is 5. The van der Waals surface area contributed by atoms with Gasteiger partial charge in [0.05, 0.1) is 31.9 Å². The van der Waals surface area contributed by atoms with Crippen molar-refractivity contribution >= 4 is 11.8 Å². The fourth-order valence-corrected chi connectivity index (χ4v) is 2.97. The second kappa shape index (κ2) is 7.72. The molecule has 21 heavy (non-hydrogen) atoms. The Morgan fingerprint density at radius 2 is 2.19 bits per heavy atom. The Hall–Kier alpha value is -1.18. The minimum atomic E-state index is -0.180. The zero-order valence-corrected chi connectivity index (χ0v) is 12.8. The van der Waals surface area contributed by atoms with Gasteiger partial charge >= 0.3 is 0 Å². The third-order valence-electron chi connectivity index (χ3n) is 4.12. The van der Waals surface area contributed by atoms with Gasteiger partial charge in [0.15, 0.2) is 0 Å². The Balaban J connectivity index is 1.90. The van der Waals surface area contributed by atoms with Gasteiger partial charge in [0.1, 0.15) is 0 Å². The molecule has 7 heteroatoms. The molecule has 120 valence electrons. The van der Waals surface area contributed by atoms with Gasteiger partial charge in [-0.05, 0) is 6.42 Å². The van der Waals surface area contributed by atoms with E-state index >= 15 is 0 Å². The summed E-state index contributed by atoms with van der Waals surface area (Å²) in [5, 5.41) is 2.57. The quantitative estimate of drug-likeness (QED) is 0.710. The molecule has 0 spiro atoms. The normalized spacial score (nSPS) is 26.3. The number of hydrogen-bond donors (Lipinski definition) is 1. The first-order chi connectivity index (χ1) is 10.1. The van der Waals surface area contributed by atoms with Crippen LogP contribution in [0.15, 0.2) is 0 Å². The molecule has 2 heterocycles. The fourth-order valence-electron chi connectivity index (χ4n) is 2.97. The lowest BCUT2D eigenvalue weighted by atomic mass is 9.98. The molecule has 0 radical (unpaired) electrons. The van der Waals surface area contributed by atoms with Crippen molar-refractivity contribution in [2.45, 2.75) is 25.5 Å². The molecule has 2 atom stereocenters. The van der Waals surface area contributed by atoms with E-state index in [-0.39, 0.29) is 30.5 Å². The first-order valence-corrected chi connectivity index (χ1v) is 7.48. The molecule has 2 fully saturated rings. The molecule has 0 bridgehead atoms. The van der Waals surface area contributed by atoms with Gasteiger partial charge in [-0.25, -0.2) is 0 Å². The number of rotatable bonds is 5. The third-order valence-corrected chi connectivity index (χ3v) is 4.12. The van der Waals surface area contributed by atoms with Crippen molar-refractivity contribution in [2.24, 2.45) is 0 Å². The number of nitrogens with zero attached hydrogens (tertiary/aromatic N) is 2. The maximum Gasteiger partial charge on any atom is 0.242 e. The van der Waals surface area contributed by atoms with Crippen LogP contribution in [0.3, 0.4) is 0 Å². The molecule has 1 N–H and O–H groups in total. The van der Waals surface area contributed by atoms with Gasteiger partial charge < -0.3 is 19.7 Å². The summed E-state index contributed by atoms with van der Waals surface area (Å²) in [4.78, 5) is 27.2. The van der Waals surface area contributed by atoms with E-state index in [9.17, 15) is 9.59 Å². The smallest absolute Gasteiger partial charge is 0.242 e. The highest BCUT2D eigenvalue weighted by molar-refractivity contribution is 5.83. The minimum Gasteiger partial charge on any atom is -0.383 e. The van der Waals surface area contributed by atoms with Gasteiger partial charge in [-0.3, -0.25) is 14.5 Å². The van der Waals surface area contributed by atoms with Crippen LogP contribution in [-0.4, -0.2) is 86.8 Å². The molecule has 2 saturated heterocycles. The number of piperidine rings is 1. The van der Waals surface area contributed by atoms with E-state index in [0.717, 1.165) is 26.1 Å². The molecular weight excluding hydrogens is 274 g/mol. The van der Waals surface area contributed by atoms with Gasteiger partial charge in [-0.15, -0.1) is 0 Å². The summed E-state index contributed by atoms with van der Waals surface area (Å²) in [6.07, 6.45) is 1.04. The van der Waals surface area contributed by atoms with Crippen molar-refractivity contribution in [3.8, 4) is 0 Å². The Bertz CT molecular complexity index is 377. The van der Waals surface area contributed by atoms with Crippen molar-refractivity contribution in [2.75, 3.05) is 53.0 Å². The predicted molar refractivity (Wildman–Crippen MR) is 76.9 cm³/mol. The van der Waals surface area contributed by atoms with E-state index in [1.165, 1.54) is 6.92 Å². The van der Waals surface area contributed by atoms with Gasteiger partial charge in [0.25, 0.3) is 0 Å². The highest BCUT2D eigenvalue weighted by atomic mass is 16.5. The zero-order valence-electron chi connectivity index (χ0n) is 12.8. The van der Waals surface area contributed by atoms with Crippen LogP contribution in [0.4, 0.5) is 0 Å². The summed E-state index contributed by atoms with van der Waals surface area (Å²) in [5.41, 5.74) is 0. The van der Waals surface area contributed by atoms with Crippen LogP contribution >= 0.6 is 0 Å². The number of amides is 2. The molecule has 0 aromatic heterocycles. The third kappa shape index (κ3) is 4.39. The Kier molecular flexibility index (Phi) is 5.96. The number of carbonyl (C=O) groups excluding carboxylic acids is 2. The topological polar surface area (TPSA) is 71.1 Å². The summed E-state index contributed by atoms with van der Waals surface area (Å²) in [6, 6.07) is 0.226. The number of likely N-dealkylation sites (tertiary alicyclic amines) is 1. The number of methoxy groups -OCH3 is 1. The molecule has 0 aromatic rings. The van der Waals surface area contributed by atoms with Gasteiger partial charge in [-0.1, -0.05) is 0 Å². The van der Waals surface area contributed by atoms with Crippen molar-refractivity contribution < 1.29 is 19.1 Å². The largest absolute Gasteiger partial charge is 0.383 e. The molecule has 0 aromatic carbocycles. The van der Waals surface area contributed by atoms with Crippen molar-refractivity contribution in [3.63, 3.8) is 0 Å². The Morgan fingerprint density at radius 1 is 1.38 bits per heavy atom. The summed E-state index contributed by atoms with van der Waals surface area (Å²) in [7, 11) is 1.70. The Morgan fingerprint density at radius 3 is 2.90 bits per heavy atom. The molecular formula is C14H25N3O4. The SMILES string of the molecule is COCCN1CCO[C@H]2CCN(C(=O)CNC(C)=O)C[C@@H]21. The van der Waals surface area contributed by atoms with Crippen LogP contribution in [0.2, 0.25) is 0 Å². The van der Waals surface area contributed by atoms with E-state index in [0.29, 0.717) is 19.7 Å². The molecule has 2 aliphatic heterocycles. The zero-order chi connectivity index (χ0) is 15.2. The molecule has 0 saturated carbocycles. The average molecular weight is 299 g/mol. The van der Waals surface area contributed by atoms with E-state index in [4.69, 9.17) is 9.47 Å². The number of carbonyl (C=O) groups is 2. The number of fused-ring (bicyclic) bond motifs is 1.